The second-order valence-electron chi connectivity index (χ2n) is 5.06. The Labute approximate surface area is 158 Å². The molecule has 0 aliphatic heterocycles. The minimum atomic E-state index is -4.80. The van der Waals surface area contributed by atoms with E-state index in [-0.39, 0.29) is 35.3 Å². The number of anilines is 1. The van der Waals surface area contributed by atoms with Gasteiger partial charge in [-0.3, -0.25) is 10.1 Å². The lowest BCUT2D eigenvalue weighted by atomic mass is 10.3. The number of amides is 2. The van der Waals surface area contributed by atoms with E-state index in [0.717, 1.165) is 18.2 Å². The normalized spacial score (nSPS) is 10.9. The van der Waals surface area contributed by atoms with Crippen LogP contribution in [0.2, 0.25) is 5.02 Å². The van der Waals surface area contributed by atoms with E-state index in [2.05, 4.69) is 10.6 Å². The van der Waals surface area contributed by atoms with Crippen molar-refractivity contribution in [3.63, 3.8) is 0 Å². The zero-order valence-electron chi connectivity index (χ0n) is 13.5. The summed E-state index contributed by atoms with van der Waals surface area (Å²) in [6, 6.07) is 7.65. The van der Waals surface area contributed by atoms with E-state index in [4.69, 9.17) is 16.3 Å². The van der Waals surface area contributed by atoms with Crippen molar-refractivity contribution in [3.8, 4) is 5.75 Å². The Morgan fingerprint density at radius 2 is 1.89 bits per heavy atom. The molecule has 0 spiro atoms. The molecule has 2 rings (SSSR count). The monoisotopic (exact) mass is 417 g/mol. The molecule has 0 atom stereocenters. The molecule has 9 nitrogen and oxygen atoms in total. The Morgan fingerprint density at radius 1 is 1.22 bits per heavy atom. The number of rotatable bonds is 7. The van der Waals surface area contributed by atoms with E-state index in [1.807, 2.05) is 0 Å². The molecule has 0 aromatic heterocycles. The number of halogens is 2. The van der Waals surface area contributed by atoms with Gasteiger partial charge in [-0.1, -0.05) is 11.6 Å². The fourth-order valence-corrected chi connectivity index (χ4v) is 2.61. The van der Waals surface area contributed by atoms with Gasteiger partial charge in [0.15, 0.2) is 0 Å². The smallest absolute Gasteiger partial charge is 0.332 e. The summed E-state index contributed by atoms with van der Waals surface area (Å²) in [5.74, 6) is 0.229. The molecule has 0 heterocycles. The first kappa shape index (κ1) is 20.4. The maximum Gasteiger partial charge on any atom is 0.332 e. The molecule has 0 aliphatic carbocycles. The van der Waals surface area contributed by atoms with Gasteiger partial charge in [-0.15, -0.1) is 3.89 Å². The number of nitrogens with one attached hydrogen (secondary N) is 2. The summed E-state index contributed by atoms with van der Waals surface area (Å²) in [7, 11) is -4.80. The number of benzene rings is 2. The zero-order valence-corrected chi connectivity index (χ0v) is 15.1. The number of nitro benzene ring substituents is 1. The van der Waals surface area contributed by atoms with Crippen molar-refractivity contribution < 1.29 is 26.8 Å². The Kier molecular flexibility index (Phi) is 6.53. The van der Waals surface area contributed by atoms with Crippen molar-refractivity contribution in [2.45, 2.75) is 4.90 Å². The molecule has 0 fully saturated rings. The first-order valence-electron chi connectivity index (χ1n) is 7.33. The lowest BCUT2D eigenvalue weighted by molar-refractivity contribution is -0.384. The minimum Gasteiger partial charge on any atom is -0.490 e. The van der Waals surface area contributed by atoms with Gasteiger partial charge in [0, 0.05) is 17.8 Å². The number of hydrogen-bond acceptors (Lipinski definition) is 6. The second kappa shape index (κ2) is 8.64. The van der Waals surface area contributed by atoms with Crippen LogP contribution in [-0.4, -0.2) is 32.5 Å². The lowest BCUT2D eigenvalue weighted by Gasteiger charge is -2.10. The molecule has 0 bridgehead atoms. The van der Waals surface area contributed by atoms with E-state index >= 15 is 0 Å². The summed E-state index contributed by atoms with van der Waals surface area (Å²) in [5.41, 5.74) is 0.0932. The summed E-state index contributed by atoms with van der Waals surface area (Å²) in [6.07, 6.45) is 0. The van der Waals surface area contributed by atoms with Crippen LogP contribution < -0.4 is 15.4 Å². The molecule has 2 aromatic carbocycles. The average molecular weight is 418 g/mol. The standard InChI is InChI=1S/C15H13ClFN3O6S/c16-13-9-11(20(22)23)3-6-14(13)26-8-7-18-15(21)19-10-1-4-12(5-2-10)27(17,24)25/h1-6,9H,7-8H2,(H2,18,19,21). The molecule has 0 saturated heterocycles. The van der Waals surface area contributed by atoms with Crippen LogP contribution in [0, 0.1) is 10.1 Å². The van der Waals surface area contributed by atoms with Gasteiger partial charge in [-0.2, -0.15) is 8.42 Å². The Bertz CT molecular complexity index is 953. The molecule has 144 valence electrons. The van der Waals surface area contributed by atoms with Gasteiger partial charge in [0.1, 0.15) is 12.4 Å². The Balaban J connectivity index is 1.79. The average Bonchev–Trinajstić information content (AvgIpc) is 2.59. The highest BCUT2D eigenvalue weighted by Crippen LogP contribution is 2.28. The van der Waals surface area contributed by atoms with Crippen molar-refractivity contribution in [1.82, 2.24) is 5.32 Å². The summed E-state index contributed by atoms with van der Waals surface area (Å²) >= 11 is 5.87. The third-order valence-electron chi connectivity index (χ3n) is 3.17. The molecule has 12 heteroatoms. The van der Waals surface area contributed by atoms with Crippen LogP contribution in [0.5, 0.6) is 5.75 Å². The SMILES string of the molecule is O=C(NCCOc1ccc([N+](=O)[O-])cc1Cl)Nc1ccc(S(=O)(=O)F)cc1. The quantitative estimate of drug-likeness (QED) is 0.308. The van der Waals surface area contributed by atoms with E-state index in [1.54, 1.807) is 0 Å². The molecule has 2 aromatic rings. The summed E-state index contributed by atoms with van der Waals surface area (Å²) in [6.45, 7) is 0.139. The lowest BCUT2D eigenvalue weighted by Crippen LogP contribution is -2.32. The molecule has 0 unspecified atom stereocenters. The van der Waals surface area contributed by atoms with Crippen LogP contribution in [0.25, 0.3) is 0 Å². The fraction of sp³-hybridized carbons (Fsp3) is 0.133. The number of nitro groups is 1. The van der Waals surface area contributed by atoms with Crippen molar-refractivity contribution in [2.75, 3.05) is 18.5 Å². The van der Waals surface area contributed by atoms with Crippen LogP contribution in [0.15, 0.2) is 47.4 Å². The topological polar surface area (TPSA) is 128 Å². The second-order valence-corrected chi connectivity index (χ2v) is 6.82. The van der Waals surface area contributed by atoms with Crippen LogP contribution in [0.4, 0.5) is 20.1 Å². The summed E-state index contributed by atoms with van der Waals surface area (Å²) in [5, 5.41) is 15.6. The molecular formula is C15H13ClFN3O6S. The van der Waals surface area contributed by atoms with Gasteiger partial charge in [0.05, 0.1) is 21.4 Å². The van der Waals surface area contributed by atoms with Crippen molar-refractivity contribution in [2.24, 2.45) is 0 Å². The highest BCUT2D eigenvalue weighted by Gasteiger charge is 2.12. The van der Waals surface area contributed by atoms with Gasteiger partial charge in [0.2, 0.25) is 0 Å². The van der Waals surface area contributed by atoms with Crippen LogP contribution >= 0.6 is 11.6 Å². The minimum absolute atomic E-state index is 0.0456. The number of carbonyl (C=O) groups is 1. The molecule has 2 amide bonds. The number of nitrogens with zero attached hydrogens (tertiary/aromatic N) is 1. The number of non-ortho nitro benzene ring substituents is 1. The highest BCUT2D eigenvalue weighted by molar-refractivity contribution is 7.86. The van der Waals surface area contributed by atoms with Gasteiger partial charge < -0.3 is 15.4 Å². The zero-order chi connectivity index (χ0) is 20.0. The van der Waals surface area contributed by atoms with E-state index in [1.165, 1.54) is 24.3 Å². The first-order valence-corrected chi connectivity index (χ1v) is 9.09. The van der Waals surface area contributed by atoms with Crippen molar-refractivity contribution in [1.29, 1.82) is 0 Å². The van der Waals surface area contributed by atoms with E-state index in [0.29, 0.717) is 0 Å². The summed E-state index contributed by atoms with van der Waals surface area (Å²) in [4.78, 5) is 21.2. The predicted octanol–water partition coefficient (Wildman–Crippen LogP) is 3.11. The molecule has 0 radical (unpaired) electrons. The molecule has 0 aliphatic rings. The van der Waals surface area contributed by atoms with Crippen LogP contribution in [-0.2, 0) is 10.2 Å². The van der Waals surface area contributed by atoms with E-state index in [9.17, 15) is 27.2 Å². The number of carbonyl (C=O) groups excluding carboxylic acids is 1. The number of urea groups is 1. The Morgan fingerprint density at radius 3 is 2.44 bits per heavy atom. The third-order valence-corrected chi connectivity index (χ3v) is 4.30. The van der Waals surface area contributed by atoms with Gasteiger partial charge in [-0.25, -0.2) is 4.79 Å². The van der Waals surface area contributed by atoms with Crippen molar-refractivity contribution >= 4 is 39.2 Å². The fourth-order valence-electron chi connectivity index (χ4n) is 1.92. The molecular weight excluding hydrogens is 405 g/mol. The van der Waals surface area contributed by atoms with Gasteiger partial charge in [0.25, 0.3) is 5.69 Å². The largest absolute Gasteiger partial charge is 0.490 e. The summed E-state index contributed by atoms with van der Waals surface area (Å²) < 4.78 is 39.5. The predicted molar refractivity (Wildman–Crippen MR) is 95.4 cm³/mol. The first-order chi connectivity index (χ1) is 12.7. The number of hydrogen-bond donors (Lipinski definition) is 2. The molecule has 27 heavy (non-hydrogen) atoms. The maximum absolute atomic E-state index is 12.8. The van der Waals surface area contributed by atoms with Gasteiger partial charge >= 0.3 is 16.3 Å². The highest BCUT2D eigenvalue weighted by atomic mass is 35.5. The van der Waals surface area contributed by atoms with Gasteiger partial charge in [-0.05, 0) is 30.3 Å². The third kappa shape index (κ3) is 6.08. The molecule has 0 saturated carbocycles. The van der Waals surface area contributed by atoms with Crippen LogP contribution in [0.1, 0.15) is 0 Å². The number of ether oxygens (including phenoxy) is 1. The van der Waals surface area contributed by atoms with Crippen molar-refractivity contribution in [3.05, 3.63) is 57.6 Å². The Hall–Kier alpha value is -2.92. The molecule has 2 N–H and O–H groups in total. The van der Waals surface area contributed by atoms with E-state index < -0.39 is 26.1 Å². The maximum atomic E-state index is 12.8. The van der Waals surface area contributed by atoms with Crippen LogP contribution in [0.3, 0.4) is 0 Å².